The van der Waals surface area contributed by atoms with E-state index in [2.05, 4.69) is 21.2 Å². The number of carbonyl (C=O) groups excluding carboxylic acids is 1. The summed E-state index contributed by atoms with van der Waals surface area (Å²) in [5, 5.41) is 12.4. The van der Waals surface area contributed by atoms with Gasteiger partial charge in [0.05, 0.1) is 6.10 Å². The molecule has 0 aromatic heterocycles. The molecule has 0 spiro atoms. The lowest BCUT2D eigenvalue weighted by molar-refractivity contribution is 0.0883. The van der Waals surface area contributed by atoms with Crippen LogP contribution >= 0.6 is 15.9 Å². The van der Waals surface area contributed by atoms with Gasteiger partial charge in [-0.2, -0.15) is 0 Å². The summed E-state index contributed by atoms with van der Waals surface area (Å²) in [5.74, 6) is 0. The highest BCUT2D eigenvalue weighted by atomic mass is 79.9. The molecule has 5 heteroatoms. The number of anilines is 1. The van der Waals surface area contributed by atoms with E-state index in [-0.39, 0.29) is 6.03 Å². The van der Waals surface area contributed by atoms with Crippen LogP contribution < -0.4 is 5.32 Å². The first-order valence-corrected chi connectivity index (χ1v) is 6.85. The van der Waals surface area contributed by atoms with Crippen molar-refractivity contribution >= 4 is 27.6 Å². The van der Waals surface area contributed by atoms with E-state index in [9.17, 15) is 9.90 Å². The molecule has 18 heavy (non-hydrogen) atoms. The monoisotopic (exact) mass is 312 g/mol. The lowest BCUT2D eigenvalue weighted by atomic mass is 10.1. The van der Waals surface area contributed by atoms with Crippen LogP contribution in [0.15, 0.2) is 22.7 Å². The quantitative estimate of drug-likeness (QED) is 0.837. The summed E-state index contributed by atoms with van der Waals surface area (Å²) in [6.45, 7) is 3.07. The highest BCUT2D eigenvalue weighted by Gasteiger charge is 2.22. The van der Waals surface area contributed by atoms with Gasteiger partial charge in [-0.15, -0.1) is 0 Å². The van der Waals surface area contributed by atoms with Crippen molar-refractivity contribution in [2.75, 3.05) is 18.4 Å². The van der Waals surface area contributed by atoms with Crippen LogP contribution in [0.5, 0.6) is 0 Å². The van der Waals surface area contributed by atoms with E-state index in [4.69, 9.17) is 0 Å². The van der Waals surface area contributed by atoms with Gasteiger partial charge in [-0.3, -0.25) is 0 Å². The van der Waals surface area contributed by atoms with Crippen LogP contribution in [-0.2, 0) is 0 Å². The van der Waals surface area contributed by atoms with E-state index in [1.165, 1.54) is 0 Å². The van der Waals surface area contributed by atoms with Crippen molar-refractivity contribution in [1.29, 1.82) is 0 Å². The van der Waals surface area contributed by atoms with Gasteiger partial charge in [-0.1, -0.05) is 15.9 Å². The Hall–Kier alpha value is -1.07. The van der Waals surface area contributed by atoms with E-state index in [0.29, 0.717) is 13.1 Å². The summed E-state index contributed by atoms with van der Waals surface area (Å²) >= 11 is 3.39. The predicted molar refractivity (Wildman–Crippen MR) is 74.7 cm³/mol. The van der Waals surface area contributed by atoms with Crippen LogP contribution in [0.2, 0.25) is 0 Å². The van der Waals surface area contributed by atoms with Crippen molar-refractivity contribution in [3.63, 3.8) is 0 Å². The van der Waals surface area contributed by atoms with Crippen LogP contribution in [0.1, 0.15) is 18.4 Å². The molecule has 1 atom stereocenters. The van der Waals surface area contributed by atoms with Gasteiger partial charge in [-0.25, -0.2) is 4.79 Å². The zero-order chi connectivity index (χ0) is 13.1. The van der Waals surface area contributed by atoms with E-state index < -0.39 is 6.10 Å². The minimum atomic E-state index is -0.393. The SMILES string of the molecule is Cc1cc(Br)ccc1NC(=O)N1CCC[C@@H](O)C1. The molecule has 2 rings (SSSR count). The Labute approximate surface area is 115 Å². The largest absolute Gasteiger partial charge is 0.391 e. The van der Waals surface area contributed by atoms with Crippen LogP contribution in [0.3, 0.4) is 0 Å². The molecule has 1 fully saturated rings. The molecule has 98 valence electrons. The molecule has 4 nitrogen and oxygen atoms in total. The second kappa shape index (κ2) is 5.71. The number of rotatable bonds is 1. The lowest BCUT2D eigenvalue weighted by Crippen LogP contribution is -2.44. The number of carbonyl (C=O) groups is 1. The van der Waals surface area contributed by atoms with Gasteiger partial charge in [0, 0.05) is 23.2 Å². The van der Waals surface area contributed by atoms with Crippen LogP contribution in [0, 0.1) is 6.92 Å². The molecule has 0 aliphatic carbocycles. The number of urea groups is 1. The Bertz CT molecular complexity index is 451. The number of nitrogens with one attached hydrogen (secondary N) is 1. The molecule has 1 saturated heterocycles. The fourth-order valence-corrected chi connectivity index (χ4v) is 2.58. The van der Waals surface area contributed by atoms with Crippen molar-refractivity contribution in [3.8, 4) is 0 Å². The second-order valence-electron chi connectivity index (χ2n) is 4.63. The minimum absolute atomic E-state index is 0.140. The third-order valence-corrected chi connectivity index (χ3v) is 3.61. The molecule has 2 N–H and O–H groups in total. The van der Waals surface area contributed by atoms with Gasteiger partial charge in [0.1, 0.15) is 0 Å². The summed E-state index contributed by atoms with van der Waals surface area (Å²) < 4.78 is 0.992. The Morgan fingerprint density at radius 1 is 1.56 bits per heavy atom. The molecule has 0 saturated carbocycles. The number of aryl methyl sites for hydroxylation is 1. The predicted octanol–water partition coefficient (Wildman–Crippen LogP) is 2.75. The number of piperidine rings is 1. The molecule has 1 aliphatic rings. The van der Waals surface area contributed by atoms with E-state index in [1.54, 1.807) is 4.90 Å². The first-order valence-electron chi connectivity index (χ1n) is 6.06. The van der Waals surface area contributed by atoms with Gasteiger partial charge in [0.15, 0.2) is 0 Å². The molecule has 0 radical (unpaired) electrons. The molecule has 0 bridgehead atoms. The van der Waals surface area contributed by atoms with Crippen LogP contribution in [-0.4, -0.2) is 35.2 Å². The number of aliphatic hydroxyl groups excluding tert-OH is 1. The first kappa shape index (κ1) is 13.4. The van der Waals surface area contributed by atoms with Gasteiger partial charge in [-0.05, 0) is 43.5 Å². The Morgan fingerprint density at radius 2 is 2.33 bits per heavy atom. The lowest BCUT2D eigenvalue weighted by Gasteiger charge is -2.30. The smallest absolute Gasteiger partial charge is 0.321 e. The normalized spacial score (nSPS) is 19.7. The first-order chi connectivity index (χ1) is 8.56. The number of nitrogens with zero attached hydrogens (tertiary/aromatic N) is 1. The number of β-amino-alcohol motifs (C(OH)–C–C–N with tert-alkyl or cyclic N) is 1. The molecule has 1 aromatic rings. The molecule has 2 amide bonds. The number of aliphatic hydroxyl groups is 1. The summed E-state index contributed by atoms with van der Waals surface area (Å²) in [5.41, 5.74) is 1.82. The summed E-state index contributed by atoms with van der Waals surface area (Å²) in [4.78, 5) is 13.7. The summed E-state index contributed by atoms with van der Waals surface area (Å²) in [6, 6.07) is 5.59. The average molecular weight is 313 g/mol. The second-order valence-corrected chi connectivity index (χ2v) is 5.55. The van der Waals surface area contributed by atoms with Gasteiger partial charge >= 0.3 is 6.03 Å². The van der Waals surface area contributed by atoms with Gasteiger partial charge < -0.3 is 15.3 Å². The number of amides is 2. The molecule has 1 heterocycles. The molecular weight excluding hydrogens is 296 g/mol. The maximum atomic E-state index is 12.0. The fourth-order valence-electron chi connectivity index (χ4n) is 2.10. The third kappa shape index (κ3) is 3.23. The highest BCUT2D eigenvalue weighted by molar-refractivity contribution is 9.10. The van der Waals surface area contributed by atoms with Crippen LogP contribution in [0.25, 0.3) is 0 Å². The van der Waals surface area contributed by atoms with Crippen molar-refractivity contribution in [3.05, 3.63) is 28.2 Å². The third-order valence-electron chi connectivity index (χ3n) is 3.11. The van der Waals surface area contributed by atoms with Gasteiger partial charge in [0.2, 0.25) is 0 Å². The standard InChI is InChI=1S/C13H17BrN2O2/c1-9-7-10(14)4-5-12(9)15-13(18)16-6-2-3-11(17)8-16/h4-5,7,11,17H,2-3,6,8H2,1H3,(H,15,18)/t11-/m1/s1. The van der Waals surface area contributed by atoms with Gasteiger partial charge in [0.25, 0.3) is 0 Å². The maximum absolute atomic E-state index is 12.0. The zero-order valence-electron chi connectivity index (χ0n) is 10.3. The topological polar surface area (TPSA) is 52.6 Å². The molecule has 1 aliphatic heterocycles. The van der Waals surface area contributed by atoms with E-state index in [1.807, 2.05) is 25.1 Å². The molecule has 1 aromatic carbocycles. The highest BCUT2D eigenvalue weighted by Crippen LogP contribution is 2.21. The molecular formula is C13H17BrN2O2. The Kier molecular flexibility index (Phi) is 4.24. The van der Waals surface area contributed by atoms with Crippen molar-refractivity contribution in [2.24, 2.45) is 0 Å². The summed E-state index contributed by atoms with van der Waals surface area (Å²) in [7, 11) is 0. The summed E-state index contributed by atoms with van der Waals surface area (Å²) in [6.07, 6.45) is 1.24. The van der Waals surface area contributed by atoms with E-state index in [0.717, 1.165) is 28.6 Å². The Balaban J connectivity index is 2.02. The van der Waals surface area contributed by atoms with Crippen molar-refractivity contribution in [2.45, 2.75) is 25.9 Å². The number of hydrogen-bond donors (Lipinski definition) is 2. The average Bonchev–Trinajstić information content (AvgIpc) is 2.32. The zero-order valence-corrected chi connectivity index (χ0v) is 11.9. The van der Waals surface area contributed by atoms with Crippen molar-refractivity contribution < 1.29 is 9.90 Å². The fraction of sp³-hybridized carbons (Fsp3) is 0.462. The van der Waals surface area contributed by atoms with Crippen molar-refractivity contribution in [1.82, 2.24) is 4.90 Å². The number of benzene rings is 1. The number of halogens is 1. The van der Waals surface area contributed by atoms with Crippen LogP contribution in [0.4, 0.5) is 10.5 Å². The van der Waals surface area contributed by atoms with E-state index >= 15 is 0 Å². The number of hydrogen-bond acceptors (Lipinski definition) is 2. The maximum Gasteiger partial charge on any atom is 0.321 e. The number of likely N-dealkylation sites (tertiary alicyclic amines) is 1. The molecule has 0 unspecified atom stereocenters. The minimum Gasteiger partial charge on any atom is -0.391 e. The Morgan fingerprint density at radius 3 is 3.00 bits per heavy atom.